The molecule has 107 valence electrons. The first-order valence-electron chi connectivity index (χ1n) is 5.77. The predicted molar refractivity (Wildman–Crippen MR) is 69.7 cm³/mol. The molecular weight excluding hydrogens is 363 g/mol. The van der Waals surface area contributed by atoms with Crippen molar-refractivity contribution in [2.75, 3.05) is 19.8 Å². The maximum atomic E-state index is 8.68. The Balaban J connectivity index is -0.0000000922. The Hall–Kier alpha value is 0.125. The largest absolute Gasteiger partial charge is 0.513 e. The second-order valence-electron chi connectivity index (χ2n) is 3.00. The maximum absolute atomic E-state index is 8.68. The van der Waals surface area contributed by atoms with Crippen molar-refractivity contribution < 1.29 is 60.4 Å². The predicted octanol–water partition coefficient (Wildman–Crippen LogP) is 1.76. The van der Waals surface area contributed by atoms with Crippen LogP contribution in [0.4, 0.5) is 0 Å². The number of rotatable bonds is 4. The van der Waals surface area contributed by atoms with Gasteiger partial charge in [0.25, 0.3) is 0 Å². The molecule has 0 saturated heterocycles. The Bertz CT molecular complexity index is 171. The van der Waals surface area contributed by atoms with E-state index in [2.05, 4.69) is 4.74 Å². The van der Waals surface area contributed by atoms with Gasteiger partial charge in [0.05, 0.1) is 0 Å². The Morgan fingerprint density at radius 1 is 1.11 bits per heavy atom. The van der Waals surface area contributed by atoms with E-state index in [1.165, 1.54) is 6.92 Å². The average Bonchev–Trinajstić information content (AvgIpc) is 2.29. The molecule has 6 heteroatoms. The molecule has 0 atom stereocenters. The second-order valence-corrected chi connectivity index (χ2v) is 3.00. The van der Waals surface area contributed by atoms with Gasteiger partial charge in [0.15, 0.2) is 6.61 Å². The quantitative estimate of drug-likeness (QED) is 0.295. The number of ether oxygens (including phenoxy) is 1. The van der Waals surface area contributed by atoms with Crippen LogP contribution in [0.3, 0.4) is 0 Å². The van der Waals surface area contributed by atoms with Gasteiger partial charge in [-0.1, -0.05) is 13.8 Å². The minimum absolute atomic E-state index is 0. The van der Waals surface area contributed by atoms with Crippen molar-refractivity contribution in [1.82, 2.24) is 0 Å². The van der Waals surface area contributed by atoms with E-state index >= 15 is 0 Å². The van der Waals surface area contributed by atoms with E-state index in [4.69, 9.17) is 20.1 Å². The van der Waals surface area contributed by atoms with E-state index in [-0.39, 0.29) is 47.3 Å². The van der Waals surface area contributed by atoms with Gasteiger partial charge in [-0.15, -0.1) is 0 Å². The molecule has 0 aliphatic heterocycles. The second kappa shape index (κ2) is 25.8. The van der Waals surface area contributed by atoms with Crippen LogP contribution in [0.5, 0.6) is 0 Å². The first-order chi connectivity index (χ1) is 7.99. The molecule has 0 aromatic carbocycles. The number of esters is 1. The summed E-state index contributed by atoms with van der Waals surface area (Å²) in [5.41, 5.74) is 0. The van der Waals surface area contributed by atoms with E-state index in [1.807, 2.05) is 13.8 Å². The molecule has 0 aromatic rings. The summed E-state index contributed by atoms with van der Waals surface area (Å²) in [7, 11) is 0. The summed E-state index contributed by atoms with van der Waals surface area (Å²) in [5.74, 6) is -0.224. The van der Waals surface area contributed by atoms with Crippen LogP contribution in [0.2, 0.25) is 0 Å². The van der Waals surface area contributed by atoms with Gasteiger partial charge in [0, 0.05) is 48.8 Å². The van der Waals surface area contributed by atoms with Crippen molar-refractivity contribution in [3.63, 3.8) is 0 Å². The number of aliphatic hydroxyl groups is 3. The van der Waals surface area contributed by atoms with Crippen molar-refractivity contribution in [2.45, 2.75) is 40.5 Å². The zero-order chi connectivity index (χ0) is 14.1. The molecule has 0 aliphatic rings. The molecule has 18 heavy (non-hydrogen) atoms. The van der Waals surface area contributed by atoms with Crippen molar-refractivity contribution in [2.24, 2.45) is 0 Å². The molecule has 0 amide bonds. The van der Waals surface area contributed by atoms with Gasteiger partial charge in [-0.3, -0.25) is 0 Å². The fraction of sp³-hybridized carbons (Fsp3) is 0.750. The van der Waals surface area contributed by atoms with Crippen LogP contribution in [0.1, 0.15) is 40.5 Å². The molecule has 0 spiro atoms. The van der Waals surface area contributed by atoms with Crippen molar-refractivity contribution in [3.8, 4) is 0 Å². The Labute approximate surface area is 138 Å². The van der Waals surface area contributed by atoms with Gasteiger partial charge >= 0.3 is 5.97 Å². The molecule has 0 rings (SSSR count). The van der Waals surface area contributed by atoms with E-state index in [0.29, 0.717) is 19.8 Å². The molecule has 4 N–H and O–H groups in total. The molecule has 0 saturated carbocycles. The zero-order valence-electron chi connectivity index (χ0n) is 11.9. The van der Waals surface area contributed by atoms with Crippen LogP contribution < -0.4 is 0 Å². The van der Waals surface area contributed by atoms with Crippen molar-refractivity contribution >= 4 is 5.97 Å². The summed E-state index contributed by atoms with van der Waals surface area (Å²) in [4.78, 5) is 8.68. The summed E-state index contributed by atoms with van der Waals surface area (Å²) >= 11 is 0. The van der Waals surface area contributed by atoms with E-state index in [9.17, 15) is 0 Å². The molecule has 0 aromatic heterocycles. The van der Waals surface area contributed by atoms with Crippen LogP contribution in [0.15, 0.2) is 11.8 Å². The van der Waals surface area contributed by atoms with E-state index < -0.39 is 0 Å². The van der Waals surface area contributed by atoms with Gasteiger partial charge in [-0.25, -0.2) is 0 Å². The zero-order valence-corrected chi connectivity index (χ0v) is 15.5. The summed E-state index contributed by atoms with van der Waals surface area (Å²) in [6.45, 7) is 8.10. The number of carbonyl (C=O) groups excluding carboxylic acids is 1. The van der Waals surface area contributed by atoms with Crippen molar-refractivity contribution in [3.05, 3.63) is 11.8 Å². The van der Waals surface area contributed by atoms with Crippen LogP contribution >= 0.6 is 0 Å². The summed E-state index contributed by atoms with van der Waals surface area (Å²) in [6.07, 6.45) is 2.89. The molecule has 0 unspecified atom stereocenters. The van der Waals surface area contributed by atoms with Gasteiger partial charge in [-0.05, 0) is 26.7 Å². The standard InChI is InChI=1S/C6H10O3.2C3H8O.La/c1-3-9-6(8)4-5(2)7;2*1-2-3-4;/h4,7H,3H2,1-2H3;2*4H,2-3H2,1H3;/p+1/b5-4-;;;. The van der Waals surface area contributed by atoms with Gasteiger partial charge in [0.2, 0.25) is 0 Å². The molecule has 0 aliphatic carbocycles. The monoisotopic (exact) mass is 390 g/mol. The van der Waals surface area contributed by atoms with Gasteiger partial charge < -0.3 is 24.9 Å². The van der Waals surface area contributed by atoms with Crippen molar-refractivity contribution in [1.29, 1.82) is 0 Å². The topological polar surface area (TPSA) is 91.3 Å². The van der Waals surface area contributed by atoms with E-state index in [0.717, 1.165) is 18.9 Å². The molecule has 0 fully saturated rings. The third kappa shape index (κ3) is 44.3. The third-order valence-electron chi connectivity index (χ3n) is 1.07. The van der Waals surface area contributed by atoms with Crippen LogP contribution in [0.25, 0.3) is 0 Å². The SMILES string of the molecule is CCCO.CCCO.CCOC(=[OH+])/C=C(/C)O.[La]. The van der Waals surface area contributed by atoms with Crippen LogP contribution in [0, 0.1) is 35.6 Å². The Kier molecular flexibility index (Phi) is 38.3. The molecule has 1 radical (unpaired) electrons. The molecular formula is C12H27LaO5+. The molecule has 0 heterocycles. The summed E-state index contributed by atoms with van der Waals surface area (Å²) < 4.78 is 4.59. The number of hydrogen-bond donors (Lipinski definition) is 3. The summed E-state index contributed by atoms with van der Waals surface area (Å²) in [5, 5.41) is 24.3. The third-order valence-corrected chi connectivity index (χ3v) is 1.07. The number of aliphatic hydroxyl groups excluding tert-OH is 3. The number of hydrogen-bond acceptors (Lipinski definition) is 4. The smallest absolute Gasteiger partial charge is 0.512 e. The van der Waals surface area contributed by atoms with Gasteiger partial charge in [-0.2, -0.15) is 0 Å². The van der Waals surface area contributed by atoms with E-state index in [1.54, 1.807) is 6.92 Å². The Morgan fingerprint density at radius 2 is 1.44 bits per heavy atom. The van der Waals surface area contributed by atoms with Crippen LogP contribution in [-0.2, 0) is 4.74 Å². The first kappa shape index (κ1) is 26.6. The summed E-state index contributed by atoms with van der Waals surface area (Å²) in [6, 6.07) is 0. The van der Waals surface area contributed by atoms with Crippen LogP contribution in [-0.4, -0.2) is 45.9 Å². The number of allylic oxidation sites excluding steroid dienone is 1. The Morgan fingerprint density at radius 3 is 1.61 bits per heavy atom. The fourth-order valence-corrected chi connectivity index (χ4v) is 0.368. The normalized spacial score (nSPS) is 8.89. The first-order valence-corrected chi connectivity index (χ1v) is 5.77. The molecule has 5 nitrogen and oxygen atoms in total. The average molecular weight is 390 g/mol. The van der Waals surface area contributed by atoms with Gasteiger partial charge in [0.1, 0.15) is 11.8 Å². The minimum Gasteiger partial charge on any atom is -0.512 e. The molecule has 0 bridgehead atoms. The minimum atomic E-state index is -0.252. The maximum Gasteiger partial charge on any atom is 0.513 e. The fourth-order valence-electron chi connectivity index (χ4n) is 0.368.